The van der Waals surface area contributed by atoms with Crippen molar-refractivity contribution in [1.82, 2.24) is 4.90 Å². The molecule has 2 aromatic rings. The Morgan fingerprint density at radius 2 is 1.69 bits per heavy atom. The number of hydrogen-bond acceptors (Lipinski definition) is 7. The average Bonchev–Trinajstić information content (AvgIpc) is 2.86. The number of carbonyl (C=O) groups excluding carboxylic acids is 2. The van der Waals surface area contributed by atoms with Crippen LogP contribution < -0.4 is 9.47 Å². The first-order chi connectivity index (χ1) is 17.2. The van der Waals surface area contributed by atoms with Gasteiger partial charge in [0.15, 0.2) is 11.4 Å². The van der Waals surface area contributed by atoms with E-state index in [1.807, 2.05) is 38.1 Å². The molecular formula is C29H37NO6. The number of aryl methyl sites for hydroxylation is 2. The van der Waals surface area contributed by atoms with Crippen LogP contribution in [0.3, 0.4) is 0 Å². The van der Waals surface area contributed by atoms with E-state index in [1.54, 1.807) is 45.1 Å². The van der Waals surface area contributed by atoms with Gasteiger partial charge in [0.1, 0.15) is 18.1 Å². The predicted molar refractivity (Wildman–Crippen MR) is 140 cm³/mol. The van der Waals surface area contributed by atoms with Crippen LogP contribution in [0.5, 0.6) is 11.5 Å². The molecule has 1 aliphatic rings. The number of benzene rings is 2. The van der Waals surface area contributed by atoms with Gasteiger partial charge in [-0.25, -0.2) is 4.79 Å². The number of nitrogens with zero attached hydrogens (tertiary/aromatic N) is 1. The second kappa shape index (κ2) is 12.7. The van der Waals surface area contributed by atoms with Crippen molar-refractivity contribution in [2.75, 3.05) is 46.1 Å². The van der Waals surface area contributed by atoms with Crippen LogP contribution >= 0.6 is 0 Å². The van der Waals surface area contributed by atoms with E-state index in [9.17, 15) is 9.59 Å². The third-order valence-electron chi connectivity index (χ3n) is 5.95. The van der Waals surface area contributed by atoms with Gasteiger partial charge >= 0.3 is 5.97 Å². The molecule has 0 radical (unpaired) electrons. The van der Waals surface area contributed by atoms with Crippen molar-refractivity contribution < 1.29 is 28.5 Å². The molecule has 1 saturated heterocycles. The fraction of sp³-hybridized carbons (Fsp3) is 0.448. The van der Waals surface area contributed by atoms with Crippen molar-refractivity contribution in [3.8, 4) is 11.5 Å². The van der Waals surface area contributed by atoms with Gasteiger partial charge in [-0.3, -0.25) is 9.69 Å². The summed E-state index contributed by atoms with van der Waals surface area (Å²) in [5.74, 6) is 0.887. The van der Waals surface area contributed by atoms with E-state index in [-0.39, 0.29) is 5.78 Å². The Labute approximate surface area is 214 Å². The molecular weight excluding hydrogens is 458 g/mol. The average molecular weight is 496 g/mol. The summed E-state index contributed by atoms with van der Waals surface area (Å²) in [6.07, 6.45) is 3.35. The highest BCUT2D eigenvalue weighted by atomic mass is 16.6. The van der Waals surface area contributed by atoms with Gasteiger partial charge < -0.3 is 18.9 Å². The van der Waals surface area contributed by atoms with Crippen LogP contribution in [0, 0.1) is 13.8 Å². The van der Waals surface area contributed by atoms with Crippen molar-refractivity contribution >= 4 is 17.8 Å². The predicted octanol–water partition coefficient (Wildman–Crippen LogP) is 4.63. The maximum absolute atomic E-state index is 12.7. The van der Waals surface area contributed by atoms with Crippen molar-refractivity contribution in [3.05, 3.63) is 64.7 Å². The zero-order valence-corrected chi connectivity index (χ0v) is 22.0. The summed E-state index contributed by atoms with van der Waals surface area (Å²) in [4.78, 5) is 27.2. The first-order valence-electron chi connectivity index (χ1n) is 12.4. The Bertz CT molecular complexity index is 1040. The minimum Gasteiger partial charge on any atom is -0.492 e. The summed E-state index contributed by atoms with van der Waals surface area (Å²) in [6, 6.07) is 11.1. The normalized spacial score (nSPS) is 14.6. The zero-order chi connectivity index (χ0) is 26.1. The first-order valence-corrected chi connectivity index (χ1v) is 12.4. The van der Waals surface area contributed by atoms with Gasteiger partial charge in [-0.05, 0) is 93.8 Å². The molecule has 0 spiro atoms. The Kier molecular flexibility index (Phi) is 9.67. The molecule has 3 rings (SSSR count). The summed E-state index contributed by atoms with van der Waals surface area (Å²) >= 11 is 0. The van der Waals surface area contributed by atoms with E-state index in [1.165, 1.54) is 0 Å². The van der Waals surface area contributed by atoms with Crippen molar-refractivity contribution in [3.63, 3.8) is 0 Å². The van der Waals surface area contributed by atoms with E-state index in [0.29, 0.717) is 24.5 Å². The minimum atomic E-state index is -1.10. The lowest BCUT2D eigenvalue weighted by molar-refractivity contribution is -0.158. The third-order valence-corrected chi connectivity index (χ3v) is 5.95. The van der Waals surface area contributed by atoms with Crippen LogP contribution in [-0.4, -0.2) is 68.3 Å². The number of carbonyl (C=O) groups is 2. The topological polar surface area (TPSA) is 74.3 Å². The molecule has 194 valence electrons. The van der Waals surface area contributed by atoms with E-state index in [0.717, 1.165) is 55.3 Å². The van der Waals surface area contributed by atoms with Crippen molar-refractivity contribution in [2.45, 2.75) is 40.2 Å². The summed E-state index contributed by atoms with van der Waals surface area (Å²) in [5.41, 5.74) is 2.12. The SMILES string of the molecule is CCOC(=O)C(C)(C)Oc1c(C)cc(/C=C/C(=O)c2ccc(OCCN3CCOCC3)cc2)cc1C. The lowest BCUT2D eigenvalue weighted by Gasteiger charge is -2.26. The molecule has 0 unspecified atom stereocenters. The van der Waals surface area contributed by atoms with E-state index in [4.69, 9.17) is 18.9 Å². The largest absolute Gasteiger partial charge is 0.492 e. The second-order valence-electron chi connectivity index (χ2n) is 9.34. The quantitative estimate of drug-likeness (QED) is 0.256. The van der Waals surface area contributed by atoms with Crippen LogP contribution in [0.2, 0.25) is 0 Å². The highest BCUT2D eigenvalue weighted by Crippen LogP contribution is 2.29. The standard InChI is InChI=1S/C29H37NO6/c1-6-34-28(32)29(4,5)36-27-21(2)19-23(20-22(27)3)7-12-26(31)24-8-10-25(11-9-24)35-18-15-30-13-16-33-17-14-30/h7-12,19-20H,6,13-18H2,1-5H3/b12-7+. The Balaban J connectivity index is 1.58. The molecule has 0 bridgehead atoms. The van der Waals surface area contributed by atoms with Gasteiger partial charge in [-0.15, -0.1) is 0 Å². The molecule has 7 heteroatoms. The van der Waals surface area contributed by atoms with Gasteiger partial charge in [0, 0.05) is 25.2 Å². The fourth-order valence-electron chi connectivity index (χ4n) is 3.94. The van der Waals surface area contributed by atoms with E-state index in [2.05, 4.69) is 4.90 Å². The lowest BCUT2D eigenvalue weighted by atomic mass is 10.0. The minimum absolute atomic E-state index is 0.0889. The van der Waals surface area contributed by atoms with Crippen molar-refractivity contribution in [1.29, 1.82) is 0 Å². The van der Waals surface area contributed by atoms with Gasteiger partial charge in [0.2, 0.25) is 0 Å². The third kappa shape index (κ3) is 7.67. The van der Waals surface area contributed by atoms with Gasteiger partial charge in [0.25, 0.3) is 0 Å². The summed E-state index contributed by atoms with van der Waals surface area (Å²) in [6.45, 7) is 14.2. The maximum atomic E-state index is 12.7. The van der Waals surface area contributed by atoms with E-state index < -0.39 is 11.6 Å². The van der Waals surface area contributed by atoms with Crippen LogP contribution in [0.15, 0.2) is 42.5 Å². The van der Waals surface area contributed by atoms with Gasteiger partial charge in [-0.2, -0.15) is 0 Å². The zero-order valence-electron chi connectivity index (χ0n) is 22.0. The number of hydrogen-bond donors (Lipinski definition) is 0. The molecule has 1 heterocycles. The maximum Gasteiger partial charge on any atom is 0.349 e. The monoisotopic (exact) mass is 495 g/mol. The number of allylic oxidation sites excluding steroid dienone is 1. The van der Waals surface area contributed by atoms with Crippen LogP contribution in [-0.2, 0) is 14.3 Å². The number of ketones is 1. The lowest BCUT2D eigenvalue weighted by Crippen LogP contribution is -2.40. The highest BCUT2D eigenvalue weighted by Gasteiger charge is 2.32. The Morgan fingerprint density at radius 3 is 2.31 bits per heavy atom. The molecule has 7 nitrogen and oxygen atoms in total. The Morgan fingerprint density at radius 1 is 1.06 bits per heavy atom. The van der Waals surface area contributed by atoms with Gasteiger partial charge in [0.05, 0.1) is 19.8 Å². The fourth-order valence-corrected chi connectivity index (χ4v) is 3.94. The molecule has 0 aliphatic carbocycles. The summed E-state index contributed by atoms with van der Waals surface area (Å²) < 4.78 is 22.3. The summed E-state index contributed by atoms with van der Waals surface area (Å²) in [7, 11) is 0. The molecule has 36 heavy (non-hydrogen) atoms. The number of esters is 1. The number of ether oxygens (including phenoxy) is 4. The smallest absolute Gasteiger partial charge is 0.349 e. The molecule has 0 aromatic heterocycles. The van der Waals surface area contributed by atoms with Crippen LogP contribution in [0.4, 0.5) is 0 Å². The molecule has 0 amide bonds. The molecule has 0 atom stereocenters. The Hall–Kier alpha value is -3.16. The van der Waals surface area contributed by atoms with Crippen LogP contribution in [0.1, 0.15) is 47.8 Å². The molecule has 1 fully saturated rings. The molecule has 0 saturated carbocycles. The van der Waals surface area contributed by atoms with Crippen molar-refractivity contribution in [2.24, 2.45) is 0 Å². The van der Waals surface area contributed by atoms with Gasteiger partial charge in [-0.1, -0.05) is 6.08 Å². The molecule has 1 aliphatic heterocycles. The first kappa shape index (κ1) is 27.4. The van der Waals surface area contributed by atoms with Crippen LogP contribution in [0.25, 0.3) is 6.08 Å². The van der Waals surface area contributed by atoms with E-state index >= 15 is 0 Å². The highest BCUT2D eigenvalue weighted by molar-refractivity contribution is 6.06. The second-order valence-corrected chi connectivity index (χ2v) is 9.34. The molecule has 2 aromatic carbocycles. The number of rotatable bonds is 11. The summed E-state index contributed by atoms with van der Waals surface area (Å²) in [5, 5.41) is 0. The molecule has 0 N–H and O–H groups in total. The number of morpholine rings is 1.